The molecule has 0 radical (unpaired) electrons. The van der Waals surface area contributed by atoms with Crippen molar-refractivity contribution in [2.24, 2.45) is 15.8 Å². The Morgan fingerprint density at radius 1 is 0.875 bits per heavy atom. The molecule has 0 spiro atoms. The number of sulfone groups is 1. The van der Waals surface area contributed by atoms with Crippen molar-refractivity contribution in [1.82, 2.24) is 4.90 Å². The zero-order valence-corrected chi connectivity index (χ0v) is 26.6. The van der Waals surface area contributed by atoms with Crippen molar-refractivity contribution in [2.45, 2.75) is 91.5 Å². The summed E-state index contributed by atoms with van der Waals surface area (Å²) < 4.78 is 125. The molecule has 2 atom stereocenters. The van der Waals surface area contributed by atoms with E-state index in [1.54, 1.807) is 0 Å². The highest BCUT2D eigenvalue weighted by Gasteiger charge is 2.74. The van der Waals surface area contributed by atoms with E-state index in [-0.39, 0.29) is 47.7 Å². The predicted molar refractivity (Wildman–Crippen MR) is 159 cm³/mol. The van der Waals surface area contributed by atoms with Gasteiger partial charge in [0.25, 0.3) is 0 Å². The summed E-state index contributed by atoms with van der Waals surface area (Å²) in [4.78, 5) is 31.6. The number of amides is 1. The molecule has 1 amide bonds. The lowest BCUT2D eigenvalue weighted by Gasteiger charge is -2.52. The van der Waals surface area contributed by atoms with Crippen LogP contribution in [0.3, 0.4) is 0 Å². The van der Waals surface area contributed by atoms with E-state index in [0.717, 1.165) is 6.07 Å². The first-order valence-electron chi connectivity index (χ1n) is 15.6. The lowest BCUT2D eigenvalue weighted by atomic mass is 9.53. The van der Waals surface area contributed by atoms with Gasteiger partial charge in [-0.05, 0) is 86.6 Å². The van der Waals surface area contributed by atoms with E-state index in [2.05, 4.69) is 4.99 Å². The molecule has 1 heterocycles. The molecule has 3 saturated carbocycles. The molecule has 4 aliphatic carbocycles. The quantitative estimate of drug-likeness (QED) is 0.268. The van der Waals surface area contributed by atoms with Gasteiger partial charge in [0, 0.05) is 30.8 Å². The Labute approximate surface area is 272 Å². The fourth-order valence-corrected chi connectivity index (χ4v) is 11.1. The van der Waals surface area contributed by atoms with Crippen LogP contribution in [0.1, 0.15) is 73.6 Å². The number of nitrogens with zero attached hydrogens (tertiary/aromatic N) is 2. The number of carbonyl (C=O) groups is 2. The van der Waals surface area contributed by atoms with Crippen LogP contribution in [0.2, 0.25) is 0 Å². The minimum atomic E-state index is -6.35. The second-order valence-electron chi connectivity index (χ2n) is 13.5. The summed E-state index contributed by atoms with van der Waals surface area (Å²) in [5.74, 6) is -1.24. The molecule has 2 bridgehead atoms. The SMILES string of the molecule is CN=Cc1ccc(S(=O)(=O)C23CCN(C(=O)C45CCC(C(=O)O)(CC4)CC5)C2CCc2cc(C(F)(C(F)(F)F)C(F)(F)F)ccc23)cc1. The maximum Gasteiger partial charge on any atom is 0.435 e. The summed E-state index contributed by atoms with van der Waals surface area (Å²) in [6.07, 6.45) is -9.96. The summed E-state index contributed by atoms with van der Waals surface area (Å²) in [5, 5.41) is 9.81. The zero-order chi connectivity index (χ0) is 35.1. The molecule has 2 unspecified atom stereocenters. The number of hydrogen-bond donors (Lipinski definition) is 1. The molecule has 7 rings (SSSR count). The van der Waals surface area contributed by atoms with E-state index >= 15 is 4.39 Å². The number of aliphatic imine (C=N–C) groups is 1. The van der Waals surface area contributed by atoms with Crippen LogP contribution >= 0.6 is 0 Å². The fraction of sp³-hybridized carbons (Fsp3) is 0.545. The molecule has 2 aromatic carbocycles. The molecule has 4 fully saturated rings. The molecule has 1 saturated heterocycles. The maximum atomic E-state index is 15.1. The molecule has 0 aromatic heterocycles. The van der Waals surface area contributed by atoms with Gasteiger partial charge in [-0.25, -0.2) is 12.8 Å². The Bertz CT molecular complexity index is 1750. The average Bonchev–Trinajstić information content (AvgIpc) is 3.45. The van der Waals surface area contributed by atoms with Crippen molar-refractivity contribution in [3.8, 4) is 0 Å². The standard InChI is InChI=1S/C33H33F7N2O5S/c1-41-19-20-2-6-23(7-3-20)48(46,47)30-16-17-42(26(43)28-10-13-29(14-11-28,15-12-28)27(44)45)25(30)9-4-21-18-22(5-8-24(21)30)31(34,32(35,36)37)33(38,39)40/h2-3,5-8,18-19,25H,4,9-17H2,1H3,(H,44,45). The lowest BCUT2D eigenvalue weighted by Crippen LogP contribution is -2.57. The van der Waals surface area contributed by atoms with Gasteiger partial charge in [-0.2, -0.15) is 26.3 Å². The van der Waals surface area contributed by atoms with Gasteiger partial charge in [-0.3, -0.25) is 14.6 Å². The van der Waals surface area contributed by atoms with Gasteiger partial charge in [0.15, 0.2) is 9.84 Å². The number of aliphatic carboxylic acids is 1. The summed E-state index contributed by atoms with van der Waals surface area (Å²) in [5.41, 5.74) is -8.88. The smallest absolute Gasteiger partial charge is 0.435 e. The van der Waals surface area contributed by atoms with Gasteiger partial charge in [0.1, 0.15) is 4.75 Å². The van der Waals surface area contributed by atoms with Crippen LogP contribution in [0.5, 0.6) is 0 Å². The first-order chi connectivity index (χ1) is 22.3. The number of rotatable bonds is 6. The normalized spacial score (nSPS) is 29.2. The largest absolute Gasteiger partial charge is 0.481 e. The number of alkyl halides is 7. The Kier molecular flexibility index (Phi) is 7.88. The van der Waals surface area contributed by atoms with Crippen LogP contribution in [0, 0.1) is 10.8 Å². The van der Waals surface area contributed by atoms with E-state index in [1.807, 2.05) is 0 Å². The molecule has 7 nitrogen and oxygen atoms in total. The molecule has 1 N–H and O–H groups in total. The Hall–Kier alpha value is -3.49. The van der Waals surface area contributed by atoms with Crippen LogP contribution in [-0.2, 0) is 36.3 Å². The van der Waals surface area contributed by atoms with Crippen LogP contribution in [-0.4, -0.2) is 68.5 Å². The Balaban J connectivity index is 1.47. The third kappa shape index (κ3) is 4.65. The second-order valence-corrected chi connectivity index (χ2v) is 15.8. The van der Waals surface area contributed by atoms with E-state index < -0.39 is 61.0 Å². The number of carbonyl (C=O) groups excluding carboxylic acids is 1. The molecular weight excluding hydrogens is 669 g/mol. The molecule has 48 heavy (non-hydrogen) atoms. The maximum absolute atomic E-state index is 15.1. The number of likely N-dealkylation sites (tertiary alicyclic amines) is 1. The summed E-state index contributed by atoms with van der Waals surface area (Å²) in [7, 11) is -2.98. The monoisotopic (exact) mass is 702 g/mol. The first-order valence-corrected chi connectivity index (χ1v) is 17.1. The number of carboxylic acids is 1. The molecule has 5 aliphatic rings. The van der Waals surface area contributed by atoms with Gasteiger partial charge < -0.3 is 10.0 Å². The topological polar surface area (TPSA) is 104 Å². The Morgan fingerprint density at radius 3 is 1.96 bits per heavy atom. The van der Waals surface area contributed by atoms with Crippen molar-refractivity contribution < 1.29 is 53.8 Å². The zero-order valence-electron chi connectivity index (χ0n) is 25.8. The van der Waals surface area contributed by atoms with E-state index in [1.165, 1.54) is 42.4 Å². The second kappa shape index (κ2) is 11.0. The number of aryl methyl sites for hydroxylation is 1. The first kappa shape index (κ1) is 34.4. The van der Waals surface area contributed by atoms with Crippen LogP contribution in [0.4, 0.5) is 30.7 Å². The van der Waals surface area contributed by atoms with E-state index in [0.29, 0.717) is 56.2 Å². The predicted octanol–water partition coefficient (Wildman–Crippen LogP) is 6.67. The van der Waals surface area contributed by atoms with Crippen molar-refractivity contribution in [3.63, 3.8) is 0 Å². The highest BCUT2D eigenvalue weighted by Crippen LogP contribution is 2.61. The molecule has 15 heteroatoms. The summed E-state index contributed by atoms with van der Waals surface area (Å²) in [6.45, 7) is -0.0610. The van der Waals surface area contributed by atoms with Gasteiger partial charge in [0.2, 0.25) is 5.91 Å². The molecule has 260 valence electrons. The third-order valence-electron chi connectivity index (χ3n) is 11.4. The number of benzene rings is 2. The molecular formula is C33H33F7N2O5S. The highest BCUT2D eigenvalue weighted by atomic mass is 32.2. The third-order valence-corrected chi connectivity index (χ3v) is 14.0. The Morgan fingerprint density at radius 2 is 1.44 bits per heavy atom. The van der Waals surface area contributed by atoms with E-state index in [4.69, 9.17) is 0 Å². The molecule has 2 aromatic rings. The van der Waals surface area contributed by atoms with E-state index in [9.17, 15) is 49.5 Å². The van der Waals surface area contributed by atoms with Crippen molar-refractivity contribution in [3.05, 3.63) is 64.7 Å². The average molecular weight is 703 g/mol. The number of hydrogen-bond acceptors (Lipinski definition) is 5. The fourth-order valence-electron chi connectivity index (χ4n) is 8.70. The van der Waals surface area contributed by atoms with Gasteiger partial charge in [0.05, 0.1) is 16.4 Å². The minimum absolute atomic E-state index is 0.0610. The highest BCUT2D eigenvalue weighted by molar-refractivity contribution is 7.92. The summed E-state index contributed by atoms with van der Waals surface area (Å²) >= 11 is 0. The number of fused-ring (bicyclic) bond motifs is 6. The van der Waals surface area contributed by atoms with Crippen molar-refractivity contribution in [2.75, 3.05) is 13.6 Å². The molecule has 1 aliphatic heterocycles. The summed E-state index contributed by atoms with van der Waals surface area (Å²) in [6, 6.07) is 6.27. The van der Waals surface area contributed by atoms with Crippen molar-refractivity contribution in [1.29, 1.82) is 0 Å². The van der Waals surface area contributed by atoms with Crippen LogP contribution in [0.15, 0.2) is 52.4 Å². The van der Waals surface area contributed by atoms with Gasteiger partial charge in [-0.15, -0.1) is 0 Å². The number of halogens is 7. The van der Waals surface area contributed by atoms with Gasteiger partial charge >= 0.3 is 24.0 Å². The van der Waals surface area contributed by atoms with Crippen LogP contribution in [0.25, 0.3) is 0 Å². The van der Waals surface area contributed by atoms with Crippen LogP contribution < -0.4 is 0 Å². The van der Waals surface area contributed by atoms with Crippen molar-refractivity contribution >= 4 is 27.9 Å². The van der Waals surface area contributed by atoms with Gasteiger partial charge in [-0.1, -0.05) is 30.3 Å². The minimum Gasteiger partial charge on any atom is -0.481 e. The lowest BCUT2D eigenvalue weighted by molar-refractivity contribution is -0.348. The number of carboxylic acid groups (broad SMARTS) is 1.